The van der Waals surface area contributed by atoms with E-state index in [9.17, 15) is 0 Å². The number of aryl methyl sites for hydroxylation is 1. The Morgan fingerprint density at radius 2 is 1.95 bits per heavy atom. The molecule has 0 bridgehead atoms. The highest BCUT2D eigenvalue weighted by Gasteiger charge is 2.06. The first-order valence-electron chi connectivity index (χ1n) is 7.44. The van der Waals surface area contributed by atoms with Crippen LogP contribution in [0.3, 0.4) is 0 Å². The number of unbranched alkanes of at least 4 members (excludes halogenated alkanes) is 1. The molecule has 0 fully saturated rings. The summed E-state index contributed by atoms with van der Waals surface area (Å²) in [4.78, 5) is 0. The molecule has 1 heteroatoms. The lowest BCUT2D eigenvalue weighted by Crippen LogP contribution is -2.29. The molecule has 102 valence electrons. The lowest BCUT2D eigenvalue weighted by atomic mass is 10.1. The first-order valence-corrected chi connectivity index (χ1v) is 7.44. The number of benzene rings is 1. The maximum absolute atomic E-state index is 2.48. The smallest absolute Gasteiger partial charge is 0.0491 e. The Morgan fingerprint density at radius 1 is 1.21 bits per heavy atom. The predicted octanol–water partition coefficient (Wildman–Crippen LogP) is 3.68. The molecule has 1 nitrogen and oxygen atoms in total. The fourth-order valence-electron chi connectivity index (χ4n) is 2.73. The van der Waals surface area contributed by atoms with Crippen LogP contribution in [0.15, 0.2) is 24.3 Å². The van der Waals surface area contributed by atoms with Crippen molar-refractivity contribution in [3.8, 4) is 0 Å². The molecule has 2 aromatic rings. The van der Waals surface area contributed by atoms with Crippen LogP contribution in [0.25, 0.3) is 23.1 Å². The van der Waals surface area contributed by atoms with Crippen molar-refractivity contribution in [3.63, 3.8) is 0 Å². The van der Waals surface area contributed by atoms with Gasteiger partial charge in [-0.1, -0.05) is 57.5 Å². The summed E-state index contributed by atoms with van der Waals surface area (Å²) in [6.07, 6.45) is 7.11. The van der Waals surface area contributed by atoms with Gasteiger partial charge < -0.3 is 4.57 Å². The Hall–Kier alpha value is -1.50. The largest absolute Gasteiger partial charge is 0.341 e. The van der Waals surface area contributed by atoms with E-state index in [1.807, 2.05) is 0 Å². The molecule has 0 aliphatic carbocycles. The van der Waals surface area contributed by atoms with Crippen molar-refractivity contribution >= 4 is 23.1 Å². The lowest BCUT2D eigenvalue weighted by molar-refractivity contribution is 0.636. The molecule has 0 amide bonds. The highest BCUT2D eigenvalue weighted by molar-refractivity contribution is 5.82. The van der Waals surface area contributed by atoms with E-state index in [2.05, 4.69) is 68.7 Å². The number of nitrogens with zero attached hydrogens (tertiary/aromatic N) is 1. The maximum Gasteiger partial charge on any atom is 0.0491 e. The lowest BCUT2D eigenvalue weighted by Gasteiger charge is -2.04. The number of aromatic nitrogens is 1. The van der Waals surface area contributed by atoms with Crippen LogP contribution in [0.2, 0.25) is 0 Å². The van der Waals surface area contributed by atoms with Crippen LogP contribution in [0, 0.1) is 5.92 Å². The van der Waals surface area contributed by atoms with Crippen LogP contribution in [-0.2, 0) is 6.54 Å². The normalized spacial score (nSPS) is 13.9. The van der Waals surface area contributed by atoms with Crippen LogP contribution in [0.4, 0.5) is 0 Å². The molecule has 1 aromatic carbocycles. The molecule has 0 N–H and O–H groups in total. The molecule has 2 rings (SSSR count). The third-order valence-corrected chi connectivity index (χ3v) is 3.56. The molecule has 0 saturated heterocycles. The van der Waals surface area contributed by atoms with Crippen LogP contribution >= 0.6 is 0 Å². The maximum atomic E-state index is 2.48. The molecule has 1 heterocycles. The van der Waals surface area contributed by atoms with Crippen molar-refractivity contribution < 1.29 is 0 Å². The summed E-state index contributed by atoms with van der Waals surface area (Å²) in [5, 5.41) is 4.17. The zero-order valence-electron chi connectivity index (χ0n) is 12.6. The summed E-state index contributed by atoms with van der Waals surface area (Å²) in [6.45, 7) is 10.0. The number of hydrogen-bond donors (Lipinski definition) is 0. The standard InChI is InChI=1S/C18H25N/c1-5-7-12-19-17(6-2)16(13-14(3)4)15-10-8-9-11-18(15)19/h6,8-11,13-14H,5,7,12H2,1-4H3/b16-13-,17-6+. The van der Waals surface area contributed by atoms with Crippen molar-refractivity contribution in [2.45, 2.75) is 47.1 Å². The van der Waals surface area contributed by atoms with Gasteiger partial charge in [-0.05, 0) is 25.3 Å². The average molecular weight is 255 g/mol. The van der Waals surface area contributed by atoms with Crippen LogP contribution < -0.4 is 10.6 Å². The second-order valence-corrected chi connectivity index (χ2v) is 5.52. The van der Waals surface area contributed by atoms with Crippen molar-refractivity contribution in [2.75, 3.05) is 0 Å². The van der Waals surface area contributed by atoms with E-state index < -0.39 is 0 Å². The van der Waals surface area contributed by atoms with Gasteiger partial charge in [0.25, 0.3) is 0 Å². The Labute approximate surface area is 116 Å². The zero-order chi connectivity index (χ0) is 13.8. The summed E-state index contributed by atoms with van der Waals surface area (Å²) in [5.41, 5.74) is 1.37. The molecular weight excluding hydrogens is 230 g/mol. The summed E-state index contributed by atoms with van der Waals surface area (Å²) in [6, 6.07) is 8.78. The molecule has 0 radical (unpaired) electrons. The topological polar surface area (TPSA) is 4.93 Å². The van der Waals surface area contributed by atoms with Crippen LogP contribution in [0.1, 0.15) is 40.5 Å². The van der Waals surface area contributed by atoms with E-state index in [0.29, 0.717) is 5.92 Å². The minimum atomic E-state index is 0.573. The van der Waals surface area contributed by atoms with Crippen molar-refractivity contribution in [3.05, 3.63) is 34.8 Å². The number of rotatable bonds is 4. The van der Waals surface area contributed by atoms with Crippen LogP contribution in [-0.4, -0.2) is 4.57 Å². The Kier molecular flexibility index (Phi) is 4.47. The van der Waals surface area contributed by atoms with E-state index >= 15 is 0 Å². The molecule has 0 spiro atoms. The second kappa shape index (κ2) is 6.10. The van der Waals surface area contributed by atoms with E-state index in [0.717, 1.165) is 6.54 Å². The summed E-state index contributed by atoms with van der Waals surface area (Å²) in [7, 11) is 0. The minimum Gasteiger partial charge on any atom is -0.341 e. The monoisotopic (exact) mass is 255 g/mol. The molecule has 0 atom stereocenters. The number of fused-ring (bicyclic) bond motifs is 1. The Bertz CT molecular complexity index is 659. The number of para-hydroxylation sites is 1. The zero-order valence-corrected chi connectivity index (χ0v) is 12.6. The van der Waals surface area contributed by atoms with Gasteiger partial charge in [0.2, 0.25) is 0 Å². The van der Waals surface area contributed by atoms with Gasteiger partial charge in [-0.3, -0.25) is 0 Å². The van der Waals surface area contributed by atoms with E-state index in [-0.39, 0.29) is 0 Å². The molecule has 0 unspecified atom stereocenters. The summed E-state index contributed by atoms with van der Waals surface area (Å²) < 4.78 is 2.48. The summed E-state index contributed by atoms with van der Waals surface area (Å²) >= 11 is 0. The summed E-state index contributed by atoms with van der Waals surface area (Å²) in [5.74, 6) is 0.573. The molecular formula is C18H25N. The quantitative estimate of drug-likeness (QED) is 0.785. The molecule has 19 heavy (non-hydrogen) atoms. The number of hydrogen-bond acceptors (Lipinski definition) is 0. The van der Waals surface area contributed by atoms with Gasteiger partial charge in [0, 0.05) is 28.0 Å². The van der Waals surface area contributed by atoms with Gasteiger partial charge in [-0.25, -0.2) is 0 Å². The van der Waals surface area contributed by atoms with Gasteiger partial charge >= 0.3 is 0 Å². The van der Waals surface area contributed by atoms with Gasteiger partial charge in [0.1, 0.15) is 0 Å². The molecule has 1 aromatic heterocycles. The van der Waals surface area contributed by atoms with Gasteiger partial charge in [-0.2, -0.15) is 0 Å². The first kappa shape index (κ1) is 13.9. The predicted molar refractivity (Wildman–Crippen MR) is 85.5 cm³/mol. The average Bonchev–Trinajstić information content (AvgIpc) is 2.69. The van der Waals surface area contributed by atoms with Crippen molar-refractivity contribution in [2.24, 2.45) is 5.92 Å². The van der Waals surface area contributed by atoms with E-state index in [1.165, 1.54) is 34.3 Å². The third-order valence-electron chi connectivity index (χ3n) is 3.56. The molecule has 0 saturated carbocycles. The second-order valence-electron chi connectivity index (χ2n) is 5.52. The fourth-order valence-corrected chi connectivity index (χ4v) is 2.73. The highest BCUT2D eigenvalue weighted by Crippen LogP contribution is 2.10. The van der Waals surface area contributed by atoms with Crippen LogP contribution in [0.5, 0.6) is 0 Å². The van der Waals surface area contributed by atoms with Crippen molar-refractivity contribution in [1.29, 1.82) is 0 Å². The molecule has 0 aliphatic rings. The van der Waals surface area contributed by atoms with E-state index in [4.69, 9.17) is 0 Å². The fraction of sp³-hybridized carbons (Fsp3) is 0.444. The first-order chi connectivity index (χ1) is 9.19. The minimum absolute atomic E-state index is 0.573. The third kappa shape index (κ3) is 2.75. The highest BCUT2D eigenvalue weighted by atomic mass is 15.0. The van der Waals surface area contributed by atoms with Crippen molar-refractivity contribution in [1.82, 2.24) is 4.57 Å². The SMILES string of the molecule is C/C=c1\c(=C/C(C)C)c2ccccc2n1CCCC. The Balaban J connectivity index is 2.81. The molecule has 0 aliphatic heterocycles. The van der Waals surface area contributed by atoms with Gasteiger partial charge in [0.15, 0.2) is 0 Å². The van der Waals surface area contributed by atoms with Gasteiger partial charge in [-0.15, -0.1) is 0 Å². The Morgan fingerprint density at radius 3 is 2.58 bits per heavy atom. The van der Waals surface area contributed by atoms with E-state index in [1.54, 1.807) is 0 Å². The van der Waals surface area contributed by atoms with Gasteiger partial charge in [0.05, 0.1) is 0 Å².